The zero-order valence-corrected chi connectivity index (χ0v) is 11.4. The van der Waals surface area contributed by atoms with Gasteiger partial charge in [-0.25, -0.2) is 4.39 Å². The van der Waals surface area contributed by atoms with Crippen molar-refractivity contribution in [2.45, 2.75) is 6.42 Å². The molecular formula is C16H16FNO3. The van der Waals surface area contributed by atoms with E-state index in [1.54, 1.807) is 0 Å². The van der Waals surface area contributed by atoms with Gasteiger partial charge >= 0.3 is 0 Å². The van der Waals surface area contributed by atoms with E-state index < -0.39 is 11.7 Å². The second-order valence-corrected chi connectivity index (χ2v) is 4.43. The molecule has 0 bridgehead atoms. The van der Waals surface area contributed by atoms with Gasteiger partial charge < -0.3 is 15.2 Å². The van der Waals surface area contributed by atoms with Gasteiger partial charge in [0.05, 0.1) is 12.2 Å². The normalized spacial score (nSPS) is 10.1. The summed E-state index contributed by atoms with van der Waals surface area (Å²) in [7, 11) is 0. The number of para-hydroxylation sites is 1. The van der Waals surface area contributed by atoms with Crippen LogP contribution in [0, 0.1) is 5.82 Å². The highest BCUT2D eigenvalue weighted by molar-refractivity contribution is 5.96. The smallest absolute Gasteiger partial charge is 0.255 e. The highest BCUT2D eigenvalue weighted by atomic mass is 19.1. The number of carbonyl (C=O) groups excluding carboxylic acids is 1. The van der Waals surface area contributed by atoms with Crippen molar-refractivity contribution in [3.63, 3.8) is 0 Å². The van der Waals surface area contributed by atoms with E-state index in [0.717, 1.165) is 23.9 Å². The van der Waals surface area contributed by atoms with Gasteiger partial charge in [-0.15, -0.1) is 0 Å². The molecule has 4 nitrogen and oxygen atoms in total. The van der Waals surface area contributed by atoms with Gasteiger partial charge in [-0.3, -0.25) is 4.79 Å². The summed E-state index contributed by atoms with van der Waals surface area (Å²) in [6.07, 6.45) is 0.608. The third-order valence-electron chi connectivity index (χ3n) is 2.82. The van der Waals surface area contributed by atoms with Crippen molar-refractivity contribution < 1.29 is 19.0 Å². The zero-order chi connectivity index (χ0) is 15.1. The van der Waals surface area contributed by atoms with Crippen LogP contribution in [0.4, 0.5) is 4.39 Å². The van der Waals surface area contributed by atoms with Crippen molar-refractivity contribution in [3.8, 4) is 11.5 Å². The molecule has 0 aliphatic heterocycles. The number of carbonyl (C=O) groups is 1. The number of hydrogen-bond acceptors (Lipinski definition) is 3. The number of rotatable bonds is 6. The number of nitrogens with one attached hydrogen (secondary N) is 1. The predicted octanol–water partition coefficient (Wildman–Crippen LogP) is 2.73. The molecule has 0 radical (unpaired) electrons. The Kier molecular flexibility index (Phi) is 5.15. The van der Waals surface area contributed by atoms with Crippen LogP contribution >= 0.6 is 0 Å². The quantitative estimate of drug-likeness (QED) is 0.804. The van der Waals surface area contributed by atoms with Crippen molar-refractivity contribution in [1.82, 2.24) is 5.32 Å². The van der Waals surface area contributed by atoms with Gasteiger partial charge in [0, 0.05) is 6.54 Å². The van der Waals surface area contributed by atoms with E-state index in [4.69, 9.17) is 4.74 Å². The molecule has 0 saturated heterocycles. The Morgan fingerprint density at radius 1 is 1.19 bits per heavy atom. The largest absolute Gasteiger partial charge is 0.507 e. The van der Waals surface area contributed by atoms with Crippen LogP contribution in [0.1, 0.15) is 16.8 Å². The van der Waals surface area contributed by atoms with E-state index in [9.17, 15) is 14.3 Å². The SMILES string of the molecule is O=C(NCCCOc1ccccc1)c1cc(F)ccc1O. The monoisotopic (exact) mass is 289 g/mol. The molecule has 0 aliphatic rings. The summed E-state index contributed by atoms with van der Waals surface area (Å²) in [5, 5.41) is 12.1. The van der Waals surface area contributed by atoms with Gasteiger partial charge in [-0.1, -0.05) is 18.2 Å². The Morgan fingerprint density at radius 3 is 2.71 bits per heavy atom. The first-order valence-electron chi connectivity index (χ1n) is 6.61. The Labute approximate surface area is 122 Å². The molecule has 0 atom stereocenters. The zero-order valence-electron chi connectivity index (χ0n) is 11.4. The van der Waals surface area contributed by atoms with E-state index in [0.29, 0.717) is 19.6 Å². The fourth-order valence-electron chi connectivity index (χ4n) is 1.77. The number of halogens is 1. The Balaban J connectivity index is 1.73. The van der Waals surface area contributed by atoms with Gasteiger partial charge in [-0.05, 0) is 36.8 Å². The van der Waals surface area contributed by atoms with Crippen molar-refractivity contribution in [2.24, 2.45) is 0 Å². The van der Waals surface area contributed by atoms with Gasteiger partial charge in [0.2, 0.25) is 0 Å². The average molecular weight is 289 g/mol. The van der Waals surface area contributed by atoms with E-state index >= 15 is 0 Å². The number of phenolic OH excluding ortho intramolecular Hbond substituents is 1. The van der Waals surface area contributed by atoms with E-state index in [1.165, 1.54) is 0 Å². The molecule has 110 valence electrons. The summed E-state index contributed by atoms with van der Waals surface area (Å²) >= 11 is 0. The number of phenols is 1. The van der Waals surface area contributed by atoms with Crippen LogP contribution in [-0.4, -0.2) is 24.2 Å². The van der Waals surface area contributed by atoms with Crippen LogP contribution in [0.15, 0.2) is 48.5 Å². The lowest BCUT2D eigenvalue weighted by Crippen LogP contribution is -2.25. The Hall–Kier alpha value is -2.56. The molecule has 2 aromatic carbocycles. The van der Waals surface area contributed by atoms with Crippen LogP contribution in [0.5, 0.6) is 11.5 Å². The lowest BCUT2D eigenvalue weighted by Gasteiger charge is -2.08. The highest BCUT2D eigenvalue weighted by Gasteiger charge is 2.11. The van der Waals surface area contributed by atoms with Crippen LogP contribution < -0.4 is 10.1 Å². The van der Waals surface area contributed by atoms with E-state index in [2.05, 4.69) is 5.32 Å². The minimum atomic E-state index is -0.564. The second-order valence-electron chi connectivity index (χ2n) is 4.43. The van der Waals surface area contributed by atoms with Gasteiger partial charge in [0.25, 0.3) is 5.91 Å². The van der Waals surface area contributed by atoms with Crippen LogP contribution in [0.25, 0.3) is 0 Å². The minimum absolute atomic E-state index is 0.0704. The summed E-state index contributed by atoms with van der Waals surface area (Å²) < 4.78 is 18.5. The number of amides is 1. The van der Waals surface area contributed by atoms with Crippen molar-refractivity contribution in [3.05, 3.63) is 59.9 Å². The second kappa shape index (κ2) is 7.28. The molecule has 0 saturated carbocycles. The topological polar surface area (TPSA) is 58.6 Å². The molecule has 0 heterocycles. The summed E-state index contributed by atoms with van der Waals surface area (Å²) in [5.41, 5.74) is -0.0704. The molecule has 1 amide bonds. The number of benzene rings is 2. The van der Waals surface area contributed by atoms with E-state index in [-0.39, 0.29) is 11.3 Å². The lowest BCUT2D eigenvalue weighted by molar-refractivity contribution is 0.0948. The van der Waals surface area contributed by atoms with Crippen LogP contribution in [0.2, 0.25) is 0 Å². The van der Waals surface area contributed by atoms with Gasteiger partial charge in [-0.2, -0.15) is 0 Å². The maximum Gasteiger partial charge on any atom is 0.255 e. The summed E-state index contributed by atoms with van der Waals surface area (Å²) in [4.78, 5) is 11.8. The number of aromatic hydroxyl groups is 1. The van der Waals surface area contributed by atoms with Crippen molar-refractivity contribution in [2.75, 3.05) is 13.2 Å². The molecule has 0 fully saturated rings. The predicted molar refractivity (Wildman–Crippen MR) is 77.0 cm³/mol. The first-order valence-corrected chi connectivity index (χ1v) is 6.61. The molecule has 21 heavy (non-hydrogen) atoms. The number of ether oxygens (including phenoxy) is 1. The standard InChI is InChI=1S/C16H16FNO3/c17-12-7-8-15(19)14(11-12)16(20)18-9-4-10-21-13-5-2-1-3-6-13/h1-3,5-8,11,19H,4,9-10H2,(H,18,20). The summed E-state index contributed by atoms with van der Waals surface area (Å²) in [5.74, 6) is -0.543. The first kappa shape index (κ1) is 14.8. The minimum Gasteiger partial charge on any atom is -0.507 e. The molecule has 2 N–H and O–H groups in total. The third-order valence-corrected chi connectivity index (χ3v) is 2.82. The molecule has 0 aromatic heterocycles. The average Bonchev–Trinajstić information content (AvgIpc) is 2.50. The molecule has 2 rings (SSSR count). The maximum absolute atomic E-state index is 13.0. The molecule has 0 unspecified atom stereocenters. The fraction of sp³-hybridized carbons (Fsp3) is 0.188. The fourth-order valence-corrected chi connectivity index (χ4v) is 1.77. The molecular weight excluding hydrogens is 273 g/mol. The Bertz CT molecular complexity index is 602. The third kappa shape index (κ3) is 4.49. The van der Waals surface area contributed by atoms with Gasteiger partial charge in [0.15, 0.2) is 0 Å². The lowest BCUT2D eigenvalue weighted by atomic mass is 10.2. The van der Waals surface area contributed by atoms with E-state index in [1.807, 2.05) is 30.3 Å². The van der Waals surface area contributed by atoms with Crippen LogP contribution in [-0.2, 0) is 0 Å². The van der Waals surface area contributed by atoms with Gasteiger partial charge in [0.1, 0.15) is 17.3 Å². The maximum atomic E-state index is 13.0. The van der Waals surface area contributed by atoms with Crippen molar-refractivity contribution >= 4 is 5.91 Å². The summed E-state index contributed by atoms with van der Waals surface area (Å²) in [6, 6.07) is 12.6. The molecule has 2 aromatic rings. The highest BCUT2D eigenvalue weighted by Crippen LogP contribution is 2.17. The van der Waals surface area contributed by atoms with Crippen LogP contribution in [0.3, 0.4) is 0 Å². The number of hydrogen-bond donors (Lipinski definition) is 2. The Morgan fingerprint density at radius 2 is 1.95 bits per heavy atom. The molecule has 0 spiro atoms. The molecule has 0 aliphatic carbocycles. The summed E-state index contributed by atoms with van der Waals surface area (Å²) in [6.45, 7) is 0.834. The van der Waals surface area contributed by atoms with Crippen molar-refractivity contribution in [1.29, 1.82) is 0 Å². The molecule has 5 heteroatoms. The first-order chi connectivity index (χ1) is 10.2.